The first-order valence-corrected chi connectivity index (χ1v) is 8.91. The number of anilines is 1. The number of hydrogen-bond acceptors (Lipinski definition) is 3. The van der Waals surface area contributed by atoms with Crippen LogP contribution in [-0.2, 0) is 4.74 Å². The number of amides is 1. The average Bonchev–Trinajstić information content (AvgIpc) is 2.40. The Morgan fingerprint density at radius 1 is 1.30 bits per heavy atom. The molecule has 1 aromatic carbocycles. The molecule has 4 nitrogen and oxygen atoms in total. The summed E-state index contributed by atoms with van der Waals surface area (Å²) < 4.78 is 6.23. The van der Waals surface area contributed by atoms with Gasteiger partial charge in [0.2, 0.25) is 0 Å². The van der Waals surface area contributed by atoms with Gasteiger partial charge < -0.3 is 15.4 Å². The Labute approximate surface area is 152 Å². The van der Waals surface area contributed by atoms with Crippen molar-refractivity contribution in [3.63, 3.8) is 0 Å². The SMILES string of the molecule is CC(C)C(CNC(=O)OC(C)(C)C)CNc1cc(Cl)ccc1Br. The Kier molecular flexibility index (Phi) is 7.68. The van der Waals surface area contributed by atoms with Gasteiger partial charge in [0.15, 0.2) is 0 Å². The first-order valence-electron chi connectivity index (χ1n) is 7.74. The van der Waals surface area contributed by atoms with Crippen LogP contribution in [0.2, 0.25) is 5.02 Å². The summed E-state index contributed by atoms with van der Waals surface area (Å²) in [5.74, 6) is 0.684. The number of carbonyl (C=O) groups is 1. The van der Waals surface area contributed by atoms with Crippen LogP contribution in [0.1, 0.15) is 34.6 Å². The van der Waals surface area contributed by atoms with E-state index in [1.54, 1.807) is 0 Å². The summed E-state index contributed by atoms with van der Waals surface area (Å²) in [6.07, 6.45) is -0.382. The van der Waals surface area contributed by atoms with E-state index in [2.05, 4.69) is 40.4 Å². The third-order valence-electron chi connectivity index (χ3n) is 3.33. The largest absolute Gasteiger partial charge is 0.444 e. The van der Waals surface area contributed by atoms with Crippen molar-refractivity contribution in [2.24, 2.45) is 11.8 Å². The Hall–Kier alpha value is -0.940. The number of nitrogens with one attached hydrogen (secondary N) is 2. The van der Waals surface area contributed by atoms with E-state index in [1.165, 1.54) is 0 Å². The number of hydrogen-bond donors (Lipinski definition) is 2. The highest BCUT2D eigenvalue weighted by atomic mass is 79.9. The van der Waals surface area contributed by atoms with Gasteiger partial charge >= 0.3 is 6.09 Å². The van der Waals surface area contributed by atoms with Crippen molar-refractivity contribution in [3.8, 4) is 0 Å². The van der Waals surface area contributed by atoms with Gasteiger partial charge in [-0.3, -0.25) is 0 Å². The molecule has 1 rings (SSSR count). The van der Waals surface area contributed by atoms with E-state index in [0.29, 0.717) is 17.5 Å². The van der Waals surface area contributed by atoms with Crippen LogP contribution in [0.3, 0.4) is 0 Å². The maximum atomic E-state index is 11.8. The number of ether oxygens (including phenoxy) is 1. The minimum atomic E-state index is -0.485. The smallest absolute Gasteiger partial charge is 0.407 e. The summed E-state index contributed by atoms with van der Waals surface area (Å²) >= 11 is 9.53. The second kappa shape index (κ2) is 8.78. The fourth-order valence-corrected chi connectivity index (χ4v) is 2.51. The molecule has 1 atom stereocenters. The third-order valence-corrected chi connectivity index (χ3v) is 4.26. The number of alkyl carbamates (subject to hydrolysis) is 1. The summed E-state index contributed by atoms with van der Waals surface area (Å²) in [5.41, 5.74) is 0.460. The first kappa shape index (κ1) is 20.1. The number of benzene rings is 1. The Morgan fingerprint density at radius 3 is 2.52 bits per heavy atom. The average molecular weight is 406 g/mol. The summed E-state index contributed by atoms with van der Waals surface area (Å²) in [6.45, 7) is 11.1. The van der Waals surface area contributed by atoms with Gasteiger partial charge in [-0.05, 0) is 66.7 Å². The molecule has 23 heavy (non-hydrogen) atoms. The van der Waals surface area contributed by atoms with Crippen molar-refractivity contribution in [2.75, 3.05) is 18.4 Å². The van der Waals surface area contributed by atoms with Crippen molar-refractivity contribution in [1.29, 1.82) is 0 Å². The van der Waals surface area contributed by atoms with Gasteiger partial charge in [-0.2, -0.15) is 0 Å². The van der Waals surface area contributed by atoms with Crippen LogP contribution in [0.4, 0.5) is 10.5 Å². The molecule has 130 valence electrons. The molecule has 0 saturated carbocycles. The molecule has 0 aliphatic heterocycles. The van der Waals surface area contributed by atoms with Crippen molar-refractivity contribution in [3.05, 3.63) is 27.7 Å². The molecule has 0 heterocycles. The molecular weight excluding hydrogens is 380 g/mol. The highest BCUT2D eigenvalue weighted by molar-refractivity contribution is 9.10. The fraction of sp³-hybridized carbons (Fsp3) is 0.588. The van der Waals surface area contributed by atoms with Crippen molar-refractivity contribution in [1.82, 2.24) is 5.32 Å². The van der Waals surface area contributed by atoms with E-state index in [9.17, 15) is 4.79 Å². The van der Waals surface area contributed by atoms with Gasteiger partial charge in [0.25, 0.3) is 0 Å². The van der Waals surface area contributed by atoms with Crippen LogP contribution in [-0.4, -0.2) is 24.8 Å². The monoisotopic (exact) mass is 404 g/mol. The van der Waals surface area contributed by atoms with E-state index < -0.39 is 5.60 Å². The molecule has 0 aliphatic rings. The minimum absolute atomic E-state index is 0.272. The van der Waals surface area contributed by atoms with E-state index in [-0.39, 0.29) is 12.0 Å². The molecule has 0 fully saturated rings. The first-order chi connectivity index (χ1) is 10.6. The highest BCUT2D eigenvalue weighted by Gasteiger charge is 2.19. The van der Waals surface area contributed by atoms with Crippen LogP contribution in [0.25, 0.3) is 0 Å². The van der Waals surface area contributed by atoms with Crippen molar-refractivity contribution >= 4 is 39.3 Å². The topological polar surface area (TPSA) is 50.4 Å². The lowest BCUT2D eigenvalue weighted by Crippen LogP contribution is -2.38. The lowest BCUT2D eigenvalue weighted by molar-refractivity contribution is 0.0516. The molecule has 6 heteroatoms. The van der Waals surface area contributed by atoms with E-state index in [0.717, 1.165) is 16.7 Å². The maximum absolute atomic E-state index is 11.8. The quantitative estimate of drug-likeness (QED) is 0.674. The standard InChI is InChI=1S/C17H26BrClN2O2/c1-11(2)12(10-21-16(22)23-17(3,4)5)9-20-15-8-13(19)6-7-14(15)18/h6-8,11-12,20H,9-10H2,1-5H3,(H,21,22). The lowest BCUT2D eigenvalue weighted by Gasteiger charge is -2.24. The van der Waals surface area contributed by atoms with E-state index >= 15 is 0 Å². The molecule has 0 saturated heterocycles. The molecule has 0 radical (unpaired) electrons. The Bertz CT molecular complexity index is 530. The molecule has 0 aliphatic carbocycles. The van der Waals surface area contributed by atoms with Gasteiger partial charge in [-0.15, -0.1) is 0 Å². The lowest BCUT2D eigenvalue weighted by atomic mass is 9.95. The molecule has 1 unspecified atom stereocenters. The zero-order chi connectivity index (χ0) is 17.6. The summed E-state index contributed by atoms with van der Waals surface area (Å²) in [4.78, 5) is 11.8. The molecule has 0 bridgehead atoms. The van der Waals surface area contributed by atoms with Crippen molar-refractivity contribution in [2.45, 2.75) is 40.2 Å². The highest BCUT2D eigenvalue weighted by Crippen LogP contribution is 2.26. The van der Waals surface area contributed by atoms with Crippen molar-refractivity contribution < 1.29 is 9.53 Å². The molecule has 2 N–H and O–H groups in total. The van der Waals surface area contributed by atoms with Gasteiger partial charge in [0.05, 0.1) is 0 Å². The number of halogens is 2. The molecular formula is C17H26BrClN2O2. The van der Waals surface area contributed by atoms with Gasteiger partial charge in [-0.1, -0.05) is 25.4 Å². The maximum Gasteiger partial charge on any atom is 0.407 e. The summed E-state index contributed by atoms with van der Waals surface area (Å²) in [5, 5.41) is 6.91. The zero-order valence-corrected chi connectivity index (χ0v) is 16.7. The number of rotatable bonds is 6. The predicted octanol–water partition coefficient (Wildman–Crippen LogP) is 5.31. The summed E-state index contributed by atoms with van der Waals surface area (Å²) in [6, 6.07) is 5.62. The molecule has 0 spiro atoms. The molecule has 1 amide bonds. The Balaban J connectivity index is 2.56. The van der Waals surface area contributed by atoms with Crippen LogP contribution in [0.15, 0.2) is 22.7 Å². The van der Waals surface area contributed by atoms with Gasteiger partial charge in [0.1, 0.15) is 5.60 Å². The van der Waals surface area contributed by atoms with Crippen LogP contribution < -0.4 is 10.6 Å². The van der Waals surface area contributed by atoms with E-state index in [4.69, 9.17) is 16.3 Å². The Morgan fingerprint density at radius 2 is 1.96 bits per heavy atom. The zero-order valence-electron chi connectivity index (χ0n) is 14.4. The van der Waals surface area contributed by atoms with Crippen LogP contribution >= 0.6 is 27.5 Å². The minimum Gasteiger partial charge on any atom is -0.444 e. The summed E-state index contributed by atoms with van der Waals surface area (Å²) in [7, 11) is 0. The second-order valence-corrected chi connectivity index (χ2v) is 8.18. The van der Waals surface area contributed by atoms with E-state index in [1.807, 2.05) is 39.0 Å². The van der Waals surface area contributed by atoms with Gasteiger partial charge in [0, 0.05) is 28.3 Å². The van der Waals surface area contributed by atoms with Gasteiger partial charge in [-0.25, -0.2) is 4.79 Å². The predicted molar refractivity (Wildman–Crippen MR) is 100 cm³/mol. The second-order valence-electron chi connectivity index (χ2n) is 6.89. The number of carbonyl (C=O) groups excluding carboxylic acids is 1. The third kappa shape index (κ3) is 7.93. The molecule has 1 aromatic rings. The molecule has 0 aromatic heterocycles. The van der Waals surface area contributed by atoms with Crippen LogP contribution in [0.5, 0.6) is 0 Å². The normalized spacial score (nSPS) is 12.9. The van der Waals surface area contributed by atoms with Crippen LogP contribution in [0, 0.1) is 11.8 Å². The fourth-order valence-electron chi connectivity index (χ4n) is 1.95.